The maximum absolute atomic E-state index is 5.75. The van der Waals surface area contributed by atoms with Gasteiger partial charge in [-0.1, -0.05) is 12.2 Å². The van der Waals surface area contributed by atoms with Gasteiger partial charge < -0.3 is 0 Å². The molecule has 0 spiro atoms. The van der Waals surface area contributed by atoms with Gasteiger partial charge in [-0.15, -0.1) is 0 Å². The monoisotopic (exact) mass is 168 g/mol. The molecular weight excluding hydrogens is 163 g/mol. The lowest BCUT2D eigenvalue weighted by Gasteiger charge is -2.16. The molecule has 0 saturated heterocycles. The molecule has 0 saturated carbocycles. The van der Waals surface area contributed by atoms with E-state index >= 15 is 0 Å². The third-order valence-corrected chi connectivity index (χ3v) is 3.17. The summed E-state index contributed by atoms with van der Waals surface area (Å²) in [5.74, 6) is 0. The number of rotatable bonds is 0. The highest BCUT2D eigenvalue weighted by Crippen LogP contribution is 2.62. The second-order valence-corrected chi connectivity index (χ2v) is 6.71. The minimum Gasteiger partial charge on any atom is -0.0734 e. The second-order valence-electron chi connectivity index (χ2n) is 1.53. The van der Waals surface area contributed by atoms with E-state index in [0.29, 0.717) is 0 Å². The molecule has 0 amide bonds. The van der Waals surface area contributed by atoms with Crippen LogP contribution in [0.4, 0.5) is 0 Å². The first-order chi connectivity index (χ1) is 3.71. The number of halogens is 2. The van der Waals surface area contributed by atoms with Crippen molar-refractivity contribution in [1.82, 2.24) is 0 Å². The van der Waals surface area contributed by atoms with Crippen LogP contribution in [-0.4, -0.2) is 0 Å². The number of allylic oxidation sites excluding steroid dienone is 2. The highest BCUT2D eigenvalue weighted by Gasteiger charge is 2.09. The fourth-order valence-corrected chi connectivity index (χ4v) is 2.19. The van der Waals surface area contributed by atoms with Crippen LogP contribution in [0.1, 0.15) is 6.42 Å². The van der Waals surface area contributed by atoms with Crippen LogP contribution in [0.15, 0.2) is 23.0 Å². The van der Waals surface area contributed by atoms with Crippen LogP contribution in [0.25, 0.3) is 0 Å². The van der Waals surface area contributed by atoms with Crippen molar-refractivity contribution in [2.45, 2.75) is 6.42 Å². The fourth-order valence-electron chi connectivity index (χ4n) is 0.492. The Morgan fingerprint density at radius 2 is 1.62 bits per heavy atom. The summed E-state index contributed by atoms with van der Waals surface area (Å²) in [7, 11) is 9.99. The second kappa shape index (κ2) is 2.34. The molecule has 8 heavy (non-hydrogen) atoms. The van der Waals surface area contributed by atoms with Crippen molar-refractivity contribution in [2.24, 2.45) is 0 Å². The minimum absolute atomic E-state index is 0.966. The van der Waals surface area contributed by atoms with E-state index in [2.05, 4.69) is 0 Å². The molecule has 0 fully saturated rings. The van der Waals surface area contributed by atoms with Crippen molar-refractivity contribution in [1.29, 1.82) is 0 Å². The maximum Gasteiger partial charge on any atom is -0.0152 e. The molecule has 0 unspecified atom stereocenters. The van der Waals surface area contributed by atoms with Crippen LogP contribution in [0.2, 0.25) is 0 Å². The van der Waals surface area contributed by atoms with Crippen LogP contribution < -0.4 is 0 Å². The Kier molecular flexibility index (Phi) is 1.91. The summed E-state index contributed by atoms with van der Waals surface area (Å²) >= 11 is 0. The summed E-state index contributed by atoms with van der Waals surface area (Å²) < 4.78 is 0. The van der Waals surface area contributed by atoms with E-state index in [9.17, 15) is 0 Å². The average molecular weight is 169 g/mol. The third-order valence-electron chi connectivity index (χ3n) is 0.827. The van der Waals surface area contributed by atoms with Gasteiger partial charge in [-0.2, -0.15) is 0 Å². The van der Waals surface area contributed by atoms with Gasteiger partial charge in [-0.3, -0.25) is 0 Å². The zero-order valence-corrected chi connectivity index (χ0v) is 6.51. The molecule has 0 radical (unpaired) electrons. The molecule has 0 aliphatic carbocycles. The topological polar surface area (TPSA) is 0 Å². The normalized spacial score (nSPS) is 27.8. The average Bonchev–Trinajstić information content (AvgIpc) is 1.65. The van der Waals surface area contributed by atoms with Gasteiger partial charge in [0.1, 0.15) is 0 Å². The Labute approximate surface area is 59.5 Å². The molecule has 0 aromatic carbocycles. The lowest BCUT2D eigenvalue weighted by molar-refractivity contribution is 1.41. The molecule has 0 aromatic heterocycles. The number of hydrogen-bond acceptors (Lipinski definition) is 0. The van der Waals surface area contributed by atoms with Gasteiger partial charge >= 0.3 is 0 Å². The molecule has 46 valence electrons. The Morgan fingerprint density at radius 3 is 1.88 bits per heavy atom. The van der Waals surface area contributed by atoms with Crippen LogP contribution in [0.5, 0.6) is 0 Å². The summed E-state index contributed by atoms with van der Waals surface area (Å²) in [6.45, 7) is 0. The molecule has 1 rings (SSSR count). The molecule has 0 N–H and O–H groups in total. The Bertz CT molecular complexity index is 123. The molecule has 3 heteroatoms. The highest BCUT2D eigenvalue weighted by atomic mass is 36.0. The van der Waals surface area contributed by atoms with Gasteiger partial charge in [0, 0.05) is 0 Å². The predicted molar refractivity (Wildman–Crippen MR) is 42.2 cm³/mol. The van der Waals surface area contributed by atoms with Gasteiger partial charge in [-0.05, 0) is 47.1 Å². The molecular formula is C5H6Cl2S. The van der Waals surface area contributed by atoms with Crippen LogP contribution in [0, 0.1) is 0 Å². The minimum atomic E-state index is -1.50. The van der Waals surface area contributed by atoms with Crippen molar-refractivity contribution in [3.8, 4) is 0 Å². The van der Waals surface area contributed by atoms with Gasteiger partial charge in [-0.25, -0.2) is 0 Å². The third kappa shape index (κ3) is 1.73. The van der Waals surface area contributed by atoms with E-state index in [1.807, 2.05) is 23.0 Å². The zero-order chi connectivity index (χ0) is 6.04. The lowest BCUT2D eigenvalue weighted by atomic mass is 10.4. The quantitative estimate of drug-likeness (QED) is 0.520. The van der Waals surface area contributed by atoms with Crippen molar-refractivity contribution >= 4 is 29.8 Å². The molecule has 0 nitrogen and oxygen atoms in total. The predicted octanol–water partition coefficient (Wildman–Crippen LogP) is 3.53. The van der Waals surface area contributed by atoms with Crippen molar-refractivity contribution in [2.75, 3.05) is 0 Å². The zero-order valence-electron chi connectivity index (χ0n) is 4.18. The maximum atomic E-state index is 5.75. The SMILES string of the molecule is ClS1(Cl)C=CCC=C1. The summed E-state index contributed by atoms with van der Waals surface area (Å²) in [4.78, 5) is 0. The summed E-state index contributed by atoms with van der Waals surface area (Å²) in [6.07, 6.45) is 4.93. The Balaban J connectivity index is 2.69. The molecule has 0 atom stereocenters. The summed E-state index contributed by atoms with van der Waals surface area (Å²) in [5.41, 5.74) is 0. The Hall–Kier alpha value is 0.410. The summed E-state index contributed by atoms with van der Waals surface area (Å²) in [6, 6.07) is 0. The van der Waals surface area contributed by atoms with Crippen LogP contribution >= 0.6 is 29.8 Å². The van der Waals surface area contributed by atoms with Crippen LogP contribution in [-0.2, 0) is 0 Å². The first-order valence-electron chi connectivity index (χ1n) is 2.26. The van der Waals surface area contributed by atoms with E-state index in [1.54, 1.807) is 0 Å². The fraction of sp³-hybridized carbons (Fsp3) is 0.200. The largest absolute Gasteiger partial charge is 0.0734 e. The van der Waals surface area contributed by atoms with Gasteiger partial charge in [0.05, 0.1) is 0 Å². The van der Waals surface area contributed by atoms with Crippen molar-refractivity contribution in [3.63, 3.8) is 0 Å². The smallest absolute Gasteiger partial charge is 0.0152 e. The van der Waals surface area contributed by atoms with E-state index in [4.69, 9.17) is 21.4 Å². The molecule has 1 heterocycles. The molecule has 1 aliphatic rings. The van der Waals surface area contributed by atoms with E-state index in [-0.39, 0.29) is 0 Å². The van der Waals surface area contributed by atoms with Gasteiger partial charge in [0.25, 0.3) is 0 Å². The lowest BCUT2D eigenvalue weighted by Crippen LogP contribution is -1.73. The standard InChI is InChI=1S/C5H6Cl2S/c6-8(7)4-2-1-3-5-8/h2-5H,1H2. The first kappa shape index (κ1) is 6.53. The molecule has 0 bridgehead atoms. The highest BCUT2D eigenvalue weighted by molar-refractivity contribution is 8.69. The van der Waals surface area contributed by atoms with Crippen molar-refractivity contribution in [3.05, 3.63) is 23.0 Å². The number of hydrogen-bond donors (Lipinski definition) is 0. The van der Waals surface area contributed by atoms with Gasteiger partial charge in [0.15, 0.2) is 0 Å². The molecule has 1 aliphatic heterocycles. The van der Waals surface area contributed by atoms with Gasteiger partial charge in [0.2, 0.25) is 0 Å². The Morgan fingerprint density at radius 1 is 1.12 bits per heavy atom. The first-order valence-corrected chi connectivity index (χ1v) is 5.67. The summed E-state index contributed by atoms with van der Waals surface area (Å²) in [5, 5.41) is 3.71. The molecule has 0 aromatic rings. The van der Waals surface area contributed by atoms with E-state index in [1.165, 1.54) is 0 Å². The van der Waals surface area contributed by atoms with Crippen molar-refractivity contribution < 1.29 is 0 Å². The van der Waals surface area contributed by atoms with Crippen LogP contribution in [0.3, 0.4) is 0 Å². The van der Waals surface area contributed by atoms with E-state index < -0.39 is 8.46 Å². The van der Waals surface area contributed by atoms with E-state index in [0.717, 1.165) is 6.42 Å².